The number of nitrogens with zero attached hydrogens (tertiary/aromatic N) is 1. The zero-order chi connectivity index (χ0) is 18.9. The normalized spacial score (nSPS) is 18.8. The maximum Gasteiger partial charge on any atom is 0.303 e. The third-order valence-corrected chi connectivity index (χ3v) is 5.34. The zero-order valence-electron chi connectivity index (χ0n) is 15.1. The molecule has 2 atom stereocenters. The van der Waals surface area contributed by atoms with Gasteiger partial charge in [-0.1, -0.05) is 12.2 Å². The van der Waals surface area contributed by atoms with E-state index in [0.717, 1.165) is 29.4 Å². The number of likely N-dealkylation sites (tertiary alicyclic amines) is 1. The van der Waals surface area contributed by atoms with Gasteiger partial charge < -0.3 is 19.5 Å². The summed E-state index contributed by atoms with van der Waals surface area (Å²) in [6.07, 6.45) is 5.59. The van der Waals surface area contributed by atoms with Crippen LogP contribution in [-0.2, 0) is 16.0 Å². The van der Waals surface area contributed by atoms with E-state index in [1.165, 1.54) is 0 Å². The van der Waals surface area contributed by atoms with Gasteiger partial charge in [-0.2, -0.15) is 11.8 Å². The number of aliphatic carboxylic acids is 1. The first-order valence-electron chi connectivity index (χ1n) is 8.96. The molecule has 0 aliphatic carbocycles. The van der Waals surface area contributed by atoms with E-state index in [4.69, 9.17) is 9.52 Å². The standard InChI is InChI=1S/C19H27NO5S/c1-14-4-8-17(25-14)13-16(21)7-5-15-6-9-18(22)20(15)10-12-26-11-2-3-19(23)24/h4-5,7-8,15-16,21H,2-3,6,9-13H2,1H3,(H,23,24)/b7-5+/t15-,16+/m0/s1. The topological polar surface area (TPSA) is 91.0 Å². The summed E-state index contributed by atoms with van der Waals surface area (Å²) in [7, 11) is 0. The summed E-state index contributed by atoms with van der Waals surface area (Å²) in [5, 5.41) is 18.8. The van der Waals surface area contributed by atoms with Crippen LogP contribution in [0.2, 0.25) is 0 Å². The van der Waals surface area contributed by atoms with Gasteiger partial charge in [-0.05, 0) is 37.7 Å². The SMILES string of the molecule is Cc1ccc(C[C@H](O)/C=C/[C@H]2CCC(=O)N2CCSCCCC(=O)O)o1. The third kappa shape index (κ3) is 6.88. The molecule has 0 aromatic carbocycles. The first-order valence-corrected chi connectivity index (χ1v) is 10.1. The fourth-order valence-electron chi connectivity index (χ4n) is 2.96. The number of carboxylic acids is 1. The predicted octanol–water partition coefficient (Wildman–Crippen LogP) is 2.64. The lowest BCUT2D eigenvalue weighted by Gasteiger charge is -2.22. The van der Waals surface area contributed by atoms with Crippen molar-refractivity contribution in [1.82, 2.24) is 4.90 Å². The molecule has 7 heteroatoms. The van der Waals surface area contributed by atoms with Crippen molar-refractivity contribution in [2.75, 3.05) is 18.1 Å². The van der Waals surface area contributed by atoms with Gasteiger partial charge in [-0.25, -0.2) is 0 Å². The Morgan fingerprint density at radius 3 is 2.96 bits per heavy atom. The van der Waals surface area contributed by atoms with Gasteiger partial charge in [0.1, 0.15) is 11.5 Å². The van der Waals surface area contributed by atoms with Crippen molar-refractivity contribution < 1.29 is 24.2 Å². The lowest BCUT2D eigenvalue weighted by atomic mass is 10.1. The van der Waals surface area contributed by atoms with Crippen LogP contribution in [0.25, 0.3) is 0 Å². The van der Waals surface area contributed by atoms with Crippen molar-refractivity contribution in [1.29, 1.82) is 0 Å². The maximum absolute atomic E-state index is 12.1. The van der Waals surface area contributed by atoms with E-state index >= 15 is 0 Å². The van der Waals surface area contributed by atoms with Crippen molar-refractivity contribution in [2.45, 2.75) is 51.2 Å². The van der Waals surface area contributed by atoms with Crippen LogP contribution < -0.4 is 0 Å². The Morgan fingerprint density at radius 1 is 1.46 bits per heavy atom. The highest BCUT2D eigenvalue weighted by Crippen LogP contribution is 2.21. The molecule has 6 nitrogen and oxygen atoms in total. The minimum absolute atomic E-state index is 0.0232. The lowest BCUT2D eigenvalue weighted by molar-refractivity contribution is -0.137. The van der Waals surface area contributed by atoms with Crippen LogP contribution in [0.3, 0.4) is 0 Å². The molecular formula is C19H27NO5S. The average molecular weight is 381 g/mol. The number of rotatable bonds is 11. The molecule has 1 aromatic heterocycles. The lowest BCUT2D eigenvalue weighted by Crippen LogP contribution is -2.34. The van der Waals surface area contributed by atoms with Crippen molar-refractivity contribution in [3.05, 3.63) is 35.8 Å². The zero-order valence-corrected chi connectivity index (χ0v) is 15.9. The van der Waals surface area contributed by atoms with Crippen LogP contribution in [0.1, 0.15) is 37.2 Å². The van der Waals surface area contributed by atoms with Crippen LogP contribution in [0.4, 0.5) is 0 Å². The highest BCUT2D eigenvalue weighted by atomic mass is 32.2. The first kappa shape index (κ1) is 20.6. The van der Waals surface area contributed by atoms with Gasteiger partial charge in [0.05, 0.1) is 12.1 Å². The maximum atomic E-state index is 12.1. The van der Waals surface area contributed by atoms with Gasteiger partial charge in [0.2, 0.25) is 5.91 Å². The molecule has 1 saturated heterocycles. The molecule has 0 saturated carbocycles. The Morgan fingerprint density at radius 2 is 2.27 bits per heavy atom. The Bertz CT molecular complexity index is 627. The van der Waals surface area contributed by atoms with Crippen molar-refractivity contribution >= 4 is 23.6 Å². The van der Waals surface area contributed by atoms with E-state index in [2.05, 4.69) is 0 Å². The molecule has 2 rings (SSSR count). The largest absolute Gasteiger partial charge is 0.481 e. The molecule has 0 bridgehead atoms. The number of aryl methyl sites for hydroxylation is 1. The number of thioether (sulfide) groups is 1. The second kappa shape index (κ2) is 10.4. The highest BCUT2D eigenvalue weighted by molar-refractivity contribution is 7.99. The Labute approximate surface area is 158 Å². The number of hydrogen-bond acceptors (Lipinski definition) is 5. The molecule has 1 aromatic rings. The number of aliphatic hydroxyl groups excluding tert-OH is 1. The number of carbonyl (C=O) groups excluding carboxylic acids is 1. The molecule has 0 spiro atoms. The number of furan rings is 1. The van der Waals surface area contributed by atoms with Crippen LogP contribution in [0.5, 0.6) is 0 Å². The number of carbonyl (C=O) groups is 2. The summed E-state index contributed by atoms with van der Waals surface area (Å²) in [5.74, 6) is 2.53. The third-order valence-electron chi connectivity index (χ3n) is 4.29. The summed E-state index contributed by atoms with van der Waals surface area (Å²) in [4.78, 5) is 24.4. The summed E-state index contributed by atoms with van der Waals surface area (Å²) >= 11 is 1.67. The Hall–Kier alpha value is -1.73. The molecule has 1 aliphatic heterocycles. The van der Waals surface area contributed by atoms with Crippen molar-refractivity contribution in [3.63, 3.8) is 0 Å². The number of hydrogen-bond donors (Lipinski definition) is 2. The molecule has 0 unspecified atom stereocenters. The number of amides is 1. The monoisotopic (exact) mass is 381 g/mol. The van der Waals surface area contributed by atoms with E-state index in [1.54, 1.807) is 17.8 Å². The minimum atomic E-state index is -0.770. The summed E-state index contributed by atoms with van der Waals surface area (Å²) in [5.41, 5.74) is 0. The smallest absolute Gasteiger partial charge is 0.303 e. The van der Waals surface area contributed by atoms with E-state index in [-0.39, 0.29) is 18.4 Å². The molecule has 2 N–H and O–H groups in total. The molecule has 1 amide bonds. The first-order chi connectivity index (χ1) is 12.5. The van der Waals surface area contributed by atoms with Gasteiger partial charge in [0.15, 0.2) is 0 Å². The van der Waals surface area contributed by atoms with Crippen molar-refractivity contribution in [2.24, 2.45) is 0 Å². The Balaban J connectivity index is 1.74. The van der Waals surface area contributed by atoms with Gasteiger partial charge in [0.25, 0.3) is 0 Å². The molecule has 144 valence electrons. The van der Waals surface area contributed by atoms with Gasteiger partial charge in [-0.15, -0.1) is 0 Å². The van der Waals surface area contributed by atoms with Crippen molar-refractivity contribution in [3.8, 4) is 0 Å². The second-order valence-electron chi connectivity index (χ2n) is 6.47. The van der Waals surface area contributed by atoms with E-state index in [9.17, 15) is 14.7 Å². The fourth-order valence-corrected chi connectivity index (χ4v) is 3.84. The highest BCUT2D eigenvalue weighted by Gasteiger charge is 2.28. The van der Waals surface area contributed by atoms with Gasteiger partial charge in [-0.3, -0.25) is 9.59 Å². The number of aliphatic hydroxyl groups is 1. The quantitative estimate of drug-likeness (QED) is 0.452. The van der Waals surface area contributed by atoms with E-state index < -0.39 is 12.1 Å². The minimum Gasteiger partial charge on any atom is -0.481 e. The molecule has 1 aliphatic rings. The predicted molar refractivity (Wildman–Crippen MR) is 101 cm³/mol. The van der Waals surface area contributed by atoms with Crippen LogP contribution in [0.15, 0.2) is 28.7 Å². The fraction of sp³-hybridized carbons (Fsp3) is 0.579. The van der Waals surface area contributed by atoms with Crippen LogP contribution in [-0.4, -0.2) is 57.2 Å². The van der Waals surface area contributed by atoms with Gasteiger partial charge in [0, 0.05) is 31.6 Å². The van der Waals surface area contributed by atoms with Crippen LogP contribution >= 0.6 is 11.8 Å². The molecule has 0 radical (unpaired) electrons. The van der Waals surface area contributed by atoms with Crippen LogP contribution in [0, 0.1) is 6.92 Å². The molecular weight excluding hydrogens is 354 g/mol. The summed E-state index contributed by atoms with van der Waals surface area (Å²) < 4.78 is 5.47. The summed E-state index contributed by atoms with van der Waals surface area (Å²) in [6.45, 7) is 2.52. The van der Waals surface area contributed by atoms with Gasteiger partial charge >= 0.3 is 5.97 Å². The summed E-state index contributed by atoms with van der Waals surface area (Å²) in [6, 6.07) is 3.76. The molecule has 2 heterocycles. The molecule has 1 fully saturated rings. The molecule has 26 heavy (non-hydrogen) atoms. The van der Waals surface area contributed by atoms with E-state index in [0.29, 0.717) is 25.8 Å². The number of carboxylic acid groups (broad SMARTS) is 1. The Kier molecular flexibility index (Phi) is 8.25. The second-order valence-corrected chi connectivity index (χ2v) is 7.70. The van der Waals surface area contributed by atoms with E-state index in [1.807, 2.05) is 30.0 Å². The average Bonchev–Trinajstić information content (AvgIpc) is 3.14.